The molecule has 0 saturated carbocycles. The lowest BCUT2D eigenvalue weighted by Gasteiger charge is -2.36. The number of nitrogens with one attached hydrogen (secondary N) is 1. The molecular formula is C27H32ClFN4O2. The van der Waals surface area contributed by atoms with Crippen molar-refractivity contribution in [1.29, 1.82) is 5.26 Å². The largest absolute Gasteiger partial charge is 0.495 e. The standard InChI is InChI=1S/C27H32ClFN4O2/c1-5-7-21-18(6-2)14-20(16-30)26(35-4)22(21)17-32(3)27(34)25(33-12-10-31-11-13-33)19-8-9-24(29)23(28)15-19/h5,7-9,14-15,25,31H,6,10-13,17H2,1-4H3/b7-5-. The maximum absolute atomic E-state index is 13.9. The zero-order valence-electron chi connectivity index (χ0n) is 20.7. The molecule has 0 aromatic heterocycles. The third kappa shape index (κ3) is 5.84. The van der Waals surface area contributed by atoms with Gasteiger partial charge in [0.25, 0.3) is 0 Å². The first-order valence-corrected chi connectivity index (χ1v) is 12.1. The highest BCUT2D eigenvalue weighted by Crippen LogP contribution is 2.34. The maximum atomic E-state index is 13.9. The number of methoxy groups -OCH3 is 1. The summed E-state index contributed by atoms with van der Waals surface area (Å²) in [6.45, 7) is 7.08. The number of hydrogen-bond donors (Lipinski definition) is 1. The number of allylic oxidation sites excluding steroid dienone is 1. The minimum absolute atomic E-state index is 0.00978. The number of amides is 1. The van der Waals surface area contributed by atoms with E-state index >= 15 is 0 Å². The van der Waals surface area contributed by atoms with Crippen molar-refractivity contribution in [3.8, 4) is 11.8 Å². The first-order chi connectivity index (χ1) is 16.9. The molecule has 0 aliphatic carbocycles. The molecule has 1 amide bonds. The number of nitriles is 1. The Labute approximate surface area is 211 Å². The van der Waals surface area contributed by atoms with Crippen LogP contribution < -0.4 is 10.1 Å². The molecule has 2 aromatic carbocycles. The van der Waals surface area contributed by atoms with Crippen LogP contribution in [0.25, 0.3) is 6.08 Å². The molecule has 1 heterocycles. The highest BCUT2D eigenvalue weighted by atomic mass is 35.5. The Morgan fingerprint density at radius 2 is 2.09 bits per heavy atom. The summed E-state index contributed by atoms with van der Waals surface area (Å²) in [5, 5.41) is 13.0. The van der Waals surface area contributed by atoms with Gasteiger partial charge in [0, 0.05) is 45.3 Å². The number of piperazine rings is 1. The van der Waals surface area contributed by atoms with Crippen molar-refractivity contribution in [2.75, 3.05) is 40.3 Å². The predicted octanol–water partition coefficient (Wildman–Crippen LogP) is 4.56. The molecule has 35 heavy (non-hydrogen) atoms. The Balaban J connectivity index is 2.05. The summed E-state index contributed by atoms with van der Waals surface area (Å²) in [6, 6.07) is 7.93. The molecule has 1 unspecified atom stereocenters. The number of carbonyl (C=O) groups excluding carboxylic acids is 1. The van der Waals surface area contributed by atoms with Crippen LogP contribution in [0.4, 0.5) is 4.39 Å². The molecule has 3 rings (SSSR count). The van der Waals surface area contributed by atoms with Crippen molar-refractivity contribution in [3.63, 3.8) is 0 Å². The Kier molecular flexibility index (Phi) is 9.27. The molecule has 8 heteroatoms. The maximum Gasteiger partial charge on any atom is 0.244 e. The topological polar surface area (TPSA) is 68.6 Å². The molecule has 1 N–H and O–H groups in total. The summed E-state index contributed by atoms with van der Waals surface area (Å²) in [5.74, 6) is -0.180. The number of ether oxygens (including phenoxy) is 1. The van der Waals surface area contributed by atoms with E-state index in [1.165, 1.54) is 19.2 Å². The Morgan fingerprint density at radius 3 is 2.66 bits per heavy atom. The Hall–Kier alpha value is -2.92. The van der Waals surface area contributed by atoms with E-state index in [1.54, 1.807) is 18.0 Å². The van der Waals surface area contributed by atoms with Gasteiger partial charge in [0.1, 0.15) is 23.7 Å². The molecule has 186 valence electrons. The van der Waals surface area contributed by atoms with Gasteiger partial charge in [0.15, 0.2) is 0 Å². The van der Waals surface area contributed by atoms with Crippen molar-refractivity contribution in [2.45, 2.75) is 32.9 Å². The minimum atomic E-state index is -0.610. The highest BCUT2D eigenvalue weighted by Gasteiger charge is 2.32. The average Bonchev–Trinajstić information content (AvgIpc) is 2.87. The Morgan fingerprint density at radius 1 is 1.37 bits per heavy atom. The number of halogens is 2. The second-order valence-corrected chi connectivity index (χ2v) is 8.94. The fourth-order valence-corrected chi connectivity index (χ4v) is 4.78. The van der Waals surface area contributed by atoms with Gasteiger partial charge in [0.2, 0.25) is 5.91 Å². The molecule has 1 aliphatic heterocycles. The molecule has 0 bridgehead atoms. The molecule has 0 radical (unpaired) electrons. The van der Waals surface area contributed by atoms with Gasteiger partial charge in [-0.2, -0.15) is 5.26 Å². The smallest absolute Gasteiger partial charge is 0.244 e. The zero-order chi connectivity index (χ0) is 25.5. The van der Waals surface area contributed by atoms with Gasteiger partial charge in [0.05, 0.1) is 17.7 Å². The second-order valence-electron chi connectivity index (χ2n) is 8.53. The summed E-state index contributed by atoms with van der Waals surface area (Å²) in [6.07, 6.45) is 4.67. The van der Waals surface area contributed by atoms with Crippen LogP contribution in [0.2, 0.25) is 5.02 Å². The number of aryl methyl sites for hydroxylation is 1. The van der Waals surface area contributed by atoms with Gasteiger partial charge >= 0.3 is 0 Å². The van der Waals surface area contributed by atoms with Gasteiger partial charge in [-0.3, -0.25) is 9.69 Å². The predicted molar refractivity (Wildman–Crippen MR) is 137 cm³/mol. The fourth-order valence-electron chi connectivity index (χ4n) is 4.59. The van der Waals surface area contributed by atoms with Gasteiger partial charge in [-0.1, -0.05) is 36.7 Å². The van der Waals surface area contributed by atoms with E-state index in [2.05, 4.69) is 16.3 Å². The SMILES string of the molecule is C/C=C\c1c(CC)cc(C#N)c(OC)c1CN(C)C(=O)C(c1ccc(F)c(Cl)c1)N1CCNCC1. The monoisotopic (exact) mass is 498 g/mol. The summed E-state index contributed by atoms with van der Waals surface area (Å²) in [5.41, 5.74) is 3.84. The van der Waals surface area contributed by atoms with Crippen LogP contribution in [0, 0.1) is 17.1 Å². The van der Waals surface area contributed by atoms with Crippen molar-refractivity contribution in [2.24, 2.45) is 0 Å². The first-order valence-electron chi connectivity index (χ1n) is 11.8. The van der Waals surface area contributed by atoms with Crippen molar-refractivity contribution < 1.29 is 13.9 Å². The van der Waals surface area contributed by atoms with E-state index in [9.17, 15) is 14.4 Å². The van der Waals surface area contributed by atoms with Crippen LogP contribution in [-0.2, 0) is 17.8 Å². The Bertz CT molecular complexity index is 1140. The quantitative estimate of drug-likeness (QED) is 0.578. The fraction of sp³-hybridized carbons (Fsp3) is 0.407. The summed E-state index contributed by atoms with van der Waals surface area (Å²) in [4.78, 5) is 17.7. The molecule has 6 nitrogen and oxygen atoms in total. The van der Waals surface area contributed by atoms with E-state index in [0.29, 0.717) is 30.0 Å². The van der Waals surface area contributed by atoms with Crippen molar-refractivity contribution in [1.82, 2.24) is 15.1 Å². The lowest BCUT2D eigenvalue weighted by atomic mass is 9.93. The molecule has 1 saturated heterocycles. The number of hydrogen-bond acceptors (Lipinski definition) is 5. The lowest BCUT2D eigenvalue weighted by molar-refractivity contribution is -0.136. The van der Waals surface area contributed by atoms with Crippen LogP contribution in [0.15, 0.2) is 30.3 Å². The summed E-state index contributed by atoms with van der Waals surface area (Å²) in [7, 11) is 3.28. The van der Waals surface area contributed by atoms with E-state index in [4.69, 9.17) is 16.3 Å². The zero-order valence-corrected chi connectivity index (χ0v) is 21.5. The van der Waals surface area contributed by atoms with Crippen LogP contribution in [0.3, 0.4) is 0 Å². The van der Waals surface area contributed by atoms with E-state index in [0.717, 1.165) is 36.2 Å². The molecule has 1 aliphatic rings. The first kappa shape index (κ1) is 26.7. The van der Waals surface area contributed by atoms with Crippen LogP contribution in [-0.4, -0.2) is 56.0 Å². The summed E-state index contributed by atoms with van der Waals surface area (Å²) < 4.78 is 19.5. The molecule has 1 fully saturated rings. The number of benzene rings is 2. The van der Waals surface area contributed by atoms with Crippen molar-refractivity contribution in [3.05, 3.63) is 69.0 Å². The second kappa shape index (κ2) is 12.2. The van der Waals surface area contributed by atoms with E-state index in [-0.39, 0.29) is 17.5 Å². The lowest BCUT2D eigenvalue weighted by Crippen LogP contribution is -2.49. The molecular weight excluding hydrogens is 467 g/mol. The van der Waals surface area contributed by atoms with E-state index in [1.807, 2.05) is 32.1 Å². The molecule has 0 spiro atoms. The van der Waals surface area contributed by atoms with E-state index < -0.39 is 11.9 Å². The molecule has 2 aromatic rings. The van der Waals surface area contributed by atoms with Gasteiger partial charge in [-0.25, -0.2) is 4.39 Å². The average molecular weight is 499 g/mol. The number of nitrogens with zero attached hydrogens (tertiary/aromatic N) is 3. The normalized spacial score (nSPS) is 15.1. The van der Waals surface area contributed by atoms with Gasteiger partial charge < -0.3 is 15.0 Å². The van der Waals surface area contributed by atoms with Crippen molar-refractivity contribution >= 4 is 23.6 Å². The third-order valence-electron chi connectivity index (χ3n) is 6.33. The van der Waals surface area contributed by atoms with Crippen LogP contribution in [0.1, 0.15) is 47.7 Å². The number of likely N-dealkylation sites (N-methyl/N-ethyl adjacent to an activating group) is 1. The number of rotatable bonds is 8. The molecule has 1 atom stereocenters. The van der Waals surface area contributed by atoms with Crippen LogP contribution >= 0.6 is 11.6 Å². The van der Waals surface area contributed by atoms with Gasteiger partial charge in [-0.15, -0.1) is 0 Å². The third-order valence-corrected chi connectivity index (χ3v) is 6.62. The number of carbonyl (C=O) groups is 1. The highest BCUT2D eigenvalue weighted by molar-refractivity contribution is 6.30. The summed E-state index contributed by atoms with van der Waals surface area (Å²) >= 11 is 6.09. The van der Waals surface area contributed by atoms with Crippen LogP contribution in [0.5, 0.6) is 5.75 Å². The minimum Gasteiger partial charge on any atom is -0.495 e. The van der Waals surface area contributed by atoms with Gasteiger partial charge in [-0.05, 0) is 48.2 Å².